The van der Waals surface area contributed by atoms with Gasteiger partial charge in [-0.15, -0.1) is 0 Å². The second-order valence-corrected chi connectivity index (χ2v) is 9.29. The number of hydrogen-bond acceptors (Lipinski definition) is 11. The van der Waals surface area contributed by atoms with Crippen molar-refractivity contribution in [2.75, 3.05) is 18.9 Å². The third-order valence-electron chi connectivity index (χ3n) is 6.27. The normalized spacial score (nSPS) is 20.2. The molecule has 4 aromatic rings. The summed E-state index contributed by atoms with van der Waals surface area (Å²) in [6.45, 7) is 0.816. The van der Waals surface area contributed by atoms with E-state index in [4.69, 9.17) is 36.3 Å². The fourth-order valence-corrected chi connectivity index (χ4v) is 4.66. The lowest BCUT2D eigenvalue weighted by molar-refractivity contribution is -0.154. The van der Waals surface area contributed by atoms with Crippen LogP contribution in [0, 0.1) is 5.92 Å². The standard InChI is InChI=1S/C27H24ClN5O7/c1-15(34)39-21-18(12-37-25(35)16-8-4-2-5-9-16)19(13-38-26(36)17-10-6-3-7-11-17)40-24(21)33-14-30-20-22(28)31-27(29)32-23(20)33/h2-11,14,18-19,21,24H,12-13H2,1H3,(H2,29,31,32)/t18-,19-,21-,24-/m1/s1. The Kier molecular flexibility index (Phi) is 7.89. The number of rotatable bonds is 8. The van der Waals surface area contributed by atoms with Gasteiger partial charge in [0.25, 0.3) is 0 Å². The molecule has 2 aromatic carbocycles. The average molecular weight is 566 g/mol. The van der Waals surface area contributed by atoms with Crippen molar-refractivity contribution in [3.8, 4) is 0 Å². The number of esters is 3. The van der Waals surface area contributed by atoms with E-state index in [0.717, 1.165) is 0 Å². The molecule has 1 aliphatic rings. The number of benzene rings is 2. The zero-order valence-electron chi connectivity index (χ0n) is 21.2. The maximum atomic E-state index is 12.7. The number of imidazole rings is 1. The number of ether oxygens (including phenoxy) is 4. The number of hydrogen-bond donors (Lipinski definition) is 1. The van der Waals surface area contributed by atoms with E-state index >= 15 is 0 Å². The number of nitrogen functional groups attached to an aromatic ring is 1. The summed E-state index contributed by atoms with van der Waals surface area (Å²) in [7, 11) is 0. The molecule has 5 rings (SSSR count). The van der Waals surface area contributed by atoms with E-state index in [1.54, 1.807) is 60.7 Å². The first-order chi connectivity index (χ1) is 19.3. The fraction of sp³-hybridized carbons (Fsp3) is 0.259. The average Bonchev–Trinajstić information content (AvgIpc) is 3.52. The molecule has 1 fully saturated rings. The maximum absolute atomic E-state index is 12.7. The van der Waals surface area contributed by atoms with E-state index in [9.17, 15) is 14.4 Å². The lowest BCUT2D eigenvalue weighted by atomic mass is 9.99. The van der Waals surface area contributed by atoms with Gasteiger partial charge in [-0.1, -0.05) is 48.0 Å². The van der Waals surface area contributed by atoms with Crippen molar-refractivity contribution in [1.82, 2.24) is 19.5 Å². The summed E-state index contributed by atoms with van der Waals surface area (Å²) in [6.07, 6.45) is -1.44. The number of carbonyl (C=O) groups is 3. The first kappa shape index (κ1) is 27.0. The van der Waals surface area contributed by atoms with Gasteiger partial charge in [-0.05, 0) is 24.3 Å². The Balaban J connectivity index is 1.45. The van der Waals surface area contributed by atoms with Gasteiger partial charge >= 0.3 is 17.9 Å². The molecule has 0 bridgehead atoms. The Morgan fingerprint density at radius 1 is 0.950 bits per heavy atom. The highest BCUT2D eigenvalue weighted by Crippen LogP contribution is 2.39. The molecule has 0 unspecified atom stereocenters. The van der Waals surface area contributed by atoms with Crippen LogP contribution in [-0.2, 0) is 23.7 Å². The molecule has 13 heteroatoms. The van der Waals surface area contributed by atoms with E-state index in [-0.39, 0.29) is 35.5 Å². The Morgan fingerprint density at radius 3 is 2.15 bits per heavy atom. The van der Waals surface area contributed by atoms with E-state index in [1.165, 1.54) is 17.8 Å². The highest BCUT2D eigenvalue weighted by atomic mass is 35.5. The monoisotopic (exact) mass is 565 g/mol. The van der Waals surface area contributed by atoms with Crippen LogP contribution in [0.25, 0.3) is 11.2 Å². The largest absolute Gasteiger partial charge is 0.462 e. The van der Waals surface area contributed by atoms with Crippen LogP contribution in [0.1, 0.15) is 33.9 Å². The van der Waals surface area contributed by atoms with Crippen molar-refractivity contribution in [3.05, 3.63) is 83.3 Å². The van der Waals surface area contributed by atoms with Gasteiger partial charge in [0, 0.05) is 6.92 Å². The molecule has 2 aromatic heterocycles. The predicted molar refractivity (Wildman–Crippen MR) is 141 cm³/mol. The molecule has 0 radical (unpaired) electrons. The number of fused-ring (bicyclic) bond motifs is 1. The van der Waals surface area contributed by atoms with Crippen molar-refractivity contribution in [3.63, 3.8) is 0 Å². The molecule has 1 saturated heterocycles. The molecule has 3 heterocycles. The third kappa shape index (κ3) is 5.72. The van der Waals surface area contributed by atoms with Crippen LogP contribution in [0.2, 0.25) is 5.15 Å². The van der Waals surface area contributed by atoms with Crippen LogP contribution in [-0.4, -0.2) is 62.8 Å². The number of nitrogens with zero attached hydrogens (tertiary/aromatic N) is 4. The van der Waals surface area contributed by atoms with Gasteiger partial charge in [-0.25, -0.2) is 14.6 Å². The maximum Gasteiger partial charge on any atom is 0.338 e. The van der Waals surface area contributed by atoms with Gasteiger partial charge in [0.15, 0.2) is 23.1 Å². The molecule has 2 N–H and O–H groups in total. The molecule has 4 atom stereocenters. The van der Waals surface area contributed by atoms with E-state index in [1.807, 2.05) is 0 Å². The van der Waals surface area contributed by atoms with E-state index in [0.29, 0.717) is 11.1 Å². The summed E-state index contributed by atoms with van der Waals surface area (Å²) in [5.41, 5.74) is 6.99. The van der Waals surface area contributed by atoms with E-state index in [2.05, 4.69) is 15.0 Å². The Morgan fingerprint density at radius 2 is 1.55 bits per heavy atom. The SMILES string of the molecule is CC(=O)O[C@@H]1[C@H](COC(=O)c2ccccc2)[C@@H](COC(=O)c2ccccc2)O[C@H]1n1cnc2c(Cl)nc(N)nc21. The molecule has 0 saturated carbocycles. The molecule has 40 heavy (non-hydrogen) atoms. The van der Waals surface area contributed by atoms with Gasteiger partial charge in [0.1, 0.15) is 24.8 Å². The zero-order valence-corrected chi connectivity index (χ0v) is 21.9. The lowest BCUT2D eigenvalue weighted by Gasteiger charge is -2.24. The number of nitrogens with two attached hydrogens (primary N) is 1. The predicted octanol–water partition coefficient (Wildman–Crippen LogP) is 3.22. The summed E-state index contributed by atoms with van der Waals surface area (Å²) in [5, 5.41) is 0.0324. The minimum Gasteiger partial charge on any atom is -0.462 e. The summed E-state index contributed by atoms with van der Waals surface area (Å²) in [6, 6.07) is 16.9. The quantitative estimate of drug-likeness (QED) is 0.190. The highest BCUT2D eigenvalue weighted by Gasteiger charge is 2.49. The van der Waals surface area contributed by atoms with Gasteiger partial charge in [0.05, 0.1) is 23.4 Å². The van der Waals surface area contributed by atoms with Crippen LogP contribution in [0.5, 0.6) is 0 Å². The third-order valence-corrected chi connectivity index (χ3v) is 6.54. The first-order valence-electron chi connectivity index (χ1n) is 12.2. The Labute approximate surface area is 233 Å². The van der Waals surface area contributed by atoms with E-state index < -0.39 is 42.3 Å². The summed E-state index contributed by atoms with van der Waals surface area (Å²) >= 11 is 6.20. The van der Waals surface area contributed by atoms with Crippen LogP contribution in [0.4, 0.5) is 5.95 Å². The molecule has 0 spiro atoms. The van der Waals surface area contributed by atoms with Gasteiger partial charge in [-0.2, -0.15) is 9.97 Å². The van der Waals surface area contributed by atoms with Gasteiger partial charge in [0.2, 0.25) is 5.95 Å². The van der Waals surface area contributed by atoms with Crippen molar-refractivity contribution in [1.29, 1.82) is 0 Å². The number of carbonyl (C=O) groups excluding carboxylic acids is 3. The van der Waals surface area contributed by atoms with Gasteiger partial charge < -0.3 is 24.7 Å². The van der Waals surface area contributed by atoms with Gasteiger partial charge in [-0.3, -0.25) is 9.36 Å². The molecule has 0 aliphatic carbocycles. The van der Waals surface area contributed by atoms with Crippen molar-refractivity contribution in [2.24, 2.45) is 5.92 Å². The number of anilines is 1. The van der Waals surface area contributed by atoms with Crippen LogP contribution in [0.3, 0.4) is 0 Å². The second kappa shape index (κ2) is 11.7. The Bertz CT molecular complexity index is 1530. The molecular weight excluding hydrogens is 542 g/mol. The number of halogens is 1. The minimum atomic E-state index is -1.000. The van der Waals surface area contributed by atoms with Crippen LogP contribution < -0.4 is 5.73 Å². The summed E-state index contributed by atoms with van der Waals surface area (Å²) < 4.78 is 24.6. The number of aromatic nitrogens is 4. The van der Waals surface area contributed by atoms with Crippen LogP contribution >= 0.6 is 11.6 Å². The fourth-order valence-electron chi connectivity index (χ4n) is 4.44. The molecule has 1 aliphatic heterocycles. The van der Waals surface area contributed by atoms with Crippen molar-refractivity contribution in [2.45, 2.75) is 25.4 Å². The smallest absolute Gasteiger partial charge is 0.338 e. The topological polar surface area (TPSA) is 158 Å². The lowest BCUT2D eigenvalue weighted by Crippen LogP contribution is -2.36. The molecule has 0 amide bonds. The summed E-state index contributed by atoms with van der Waals surface area (Å²) in [4.78, 5) is 50.0. The van der Waals surface area contributed by atoms with Crippen LogP contribution in [0.15, 0.2) is 67.0 Å². The summed E-state index contributed by atoms with van der Waals surface area (Å²) in [5.74, 6) is -2.58. The van der Waals surface area contributed by atoms with Crippen molar-refractivity contribution < 1.29 is 33.3 Å². The molecule has 206 valence electrons. The molecular formula is C27H24ClN5O7. The molecule has 12 nitrogen and oxygen atoms in total. The van der Waals surface area contributed by atoms with Crippen molar-refractivity contribution >= 4 is 46.6 Å². The highest BCUT2D eigenvalue weighted by molar-refractivity contribution is 6.33. The second-order valence-electron chi connectivity index (χ2n) is 8.93. The minimum absolute atomic E-state index is 0.0324. The zero-order chi connectivity index (χ0) is 28.2. The Hall–Kier alpha value is -4.55. The first-order valence-corrected chi connectivity index (χ1v) is 12.6.